The molecular formula is C50H96N2O6. The van der Waals surface area contributed by atoms with E-state index in [2.05, 4.69) is 43.6 Å². The molecule has 0 aromatic rings. The molecule has 0 spiro atoms. The third kappa shape index (κ3) is 27.2. The molecule has 1 N–H and O–H groups in total. The summed E-state index contributed by atoms with van der Waals surface area (Å²) in [5.74, 6) is -0.521. The summed E-state index contributed by atoms with van der Waals surface area (Å²) in [4.78, 5) is 27.0. The Balaban J connectivity index is 5.09. The molecule has 8 heteroatoms. The maximum Gasteiger partial charge on any atom is 0.306 e. The predicted octanol–water partition coefficient (Wildman–Crippen LogP) is 13.6. The van der Waals surface area contributed by atoms with Gasteiger partial charge < -0.3 is 18.9 Å². The van der Waals surface area contributed by atoms with E-state index in [0.717, 1.165) is 51.4 Å². The molecule has 342 valence electrons. The van der Waals surface area contributed by atoms with Crippen LogP contribution in [0.5, 0.6) is 0 Å². The molecule has 0 aromatic carbocycles. The Hall–Kier alpha value is -1.74. The molecule has 0 bridgehead atoms. The van der Waals surface area contributed by atoms with Gasteiger partial charge in [-0.3, -0.25) is 15.0 Å². The summed E-state index contributed by atoms with van der Waals surface area (Å²) >= 11 is 0. The first-order valence-electron chi connectivity index (χ1n) is 24.2. The highest BCUT2D eigenvalue weighted by Crippen LogP contribution is 2.42. The highest BCUT2D eigenvalue weighted by molar-refractivity contribution is 5.71. The quantitative estimate of drug-likeness (QED) is 0.0282. The molecule has 0 aliphatic heterocycles. The fourth-order valence-electron chi connectivity index (χ4n) is 7.66. The van der Waals surface area contributed by atoms with Crippen LogP contribution < -0.4 is 5.43 Å². The average molecular weight is 821 g/mol. The van der Waals surface area contributed by atoms with Crippen molar-refractivity contribution in [3.05, 3.63) is 24.3 Å². The van der Waals surface area contributed by atoms with E-state index in [0.29, 0.717) is 39.1 Å². The molecule has 0 aliphatic rings. The highest BCUT2D eigenvalue weighted by atomic mass is 16.6. The largest absolute Gasteiger partial charge is 0.455 e. The third-order valence-electron chi connectivity index (χ3n) is 12.1. The summed E-state index contributed by atoms with van der Waals surface area (Å²) in [6.45, 7) is 16.4. The fraction of sp³-hybridized carbons (Fsp3) is 0.880. The molecule has 0 aromatic heterocycles. The Morgan fingerprint density at radius 1 is 0.500 bits per heavy atom. The topological polar surface area (TPSA) is 86.3 Å². The first-order valence-corrected chi connectivity index (χ1v) is 24.2. The van der Waals surface area contributed by atoms with Crippen molar-refractivity contribution >= 4 is 11.9 Å². The normalized spacial score (nSPS) is 13.6. The average Bonchev–Trinajstić information content (AvgIpc) is 3.18. The second-order valence-electron chi connectivity index (χ2n) is 17.8. The van der Waals surface area contributed by atoms with Crippen LogP contribution in [0.1, 0.15) is 228 Å². The lowest BCUT2D eigenvalue weighted by molar-refractivity contribution is -0.238. The van der Waals surface area contributed by atoms with Gasteiger partial charge in [0, 0.05) is 40.2 Å². The summed E-state index contributed by atoms with van der Waals surface area (Å²) in [6.07, 6.45) is 41.4. The smallest absolute Gasteiger partial charge is 0.306 e. The number of esters is 2. The van der Waals surface area contributed by atoms with E-state index in [-0.39, 0.29) is 11.9 Å². The molecule has 0 heterocycles. The molecule has 0 saturated carbocycles. The number of methoxy groups -OCH3 is 2. The molecule has 0 fully saturated rings. The first kappa shape index (κ1) is 56.3. The van der Waals surface area contributed by atoms with Gasteiger partial charge >= 0.3 is 11.9 Å². The molecule has 0 aliphatic carbocycles. The van der Waals surface area contributed by atoms with Gasteiger partial charge in [-0.05, 0) is 98.8 Å². The molecule has 0 radical (unpaired) electrons. The molecule has 0 saturated heterocycles. The standard InChI is InChI=1S/C50H96N2O6/c1-10-12-14-16-18-20-22-24-26-28-30-32-34-36-38-40-46(53)57-49(5,6)50(7,48(3,4)52(43-45-56-9)51-42-44-55-8)58-47(54)41-39-37-35-33-31-29-27-25-23-21-19-17-15-13-11-2/h24-27,51H,10-23,28-45H2,1-9H3. The number of carbonyl (C=O) groups is 2. The molecule has 1 unspecified atom stereocenters. The number of unbranched alkanes of at least 4 members (excludes halogenated alkanes) is 22. The number of hydrogen-bond acceptors (Lipinski definition) is 8. The van der Waals surface area contributed by atoms with Gasteiger partial charge in [-0.15, -0.1) is 0 Å². The van der Waals surface area contributed by atoms with Crippen LogP contribution in [0.4, 0.5) is 0 Å². The third-order valence-corrected chi connectivity index (χ3v) is 12.1. The van der Waals surface area contributed by atoms with Crippen LogP contribution in [0.2, 0.25) is 0 Å². The van der Waals surface area contributed by atoms with Crippen molar-refractivity contribution < 1.29 is 28.5 Å². The first-order chi connectivity index (χ1) is 27.9. The molecule has 0 rings (SSSR count). The van der Waals surface area contributed by atoms with Crippen molar-refractivity contribution in [1.82, 2.24) is 10.4 Å². The number of hydrogen-bond donors (Lipinski definition) is 1. The zero-order valence-corrected chi connectivity index (χ0v) is 39.8. The second-order valence-corrected chi connectivity index (χ2v) is 17.8. The van der Waals surface area contributed by atoms with E-state index >= 15 is 0 Å². The van der Waals surface area contributed by atoms with E-state index in [9.17, 15) is 9.59 Å². The van der Waals surface area contributed by atoms with Crippen molar-refractivity contribution in [3.8, 4) is 0 Å². The van der Waals surface area contributed by atoms with Crippen LogP contribution in [-0.4, -0.2) is 74.2 Å². The summed E-state index contributed by atoms with van der Waals surface area (Å²) in [6, 6.07) is 0. The van der Waals surface area contributed by atoms with Crippen molar-refractivity contribution in [1.29, 1.82) is 0 Å². The second kappa shape index (κ2) is 37.1. The number of nitrogens with zero attached hydrogens (tertiary/aromatic N) is 1. The Morgan fingerprint density at radius 3 is 1.26 bits per heavy atom. The number of carbonyl (C=O) groups excluding carboxylic acids is 2. The maximum atomic E-state index is 13.6. The van der Waals surface area contributed by atoms with Crippen LogP contribution >= 0.6 is 0 Å². The number of rotatable bonds is 42. The lowest BCUT2D eigenvalue weighted by Crippen LogP contribution is -2.73. The molecule has 1 atom stereocenters. The number of ether oxygens (including phenoxy) is 4. The maximum absolute atomic E-state index is 13.6. The summed E-state index contributed by atoms with van der Waals surface area (Å²) in [5, 5.41) is 2.05. The predicted molar refractivity (Wildman–Crippen MR) is 246 cm³/mol. The van der Waals surface area contributed by atoms with Gasteiger partial charge in [0.15, 0.2) is 5.60 Å². The van der Waals surface area contributed by atoms with Crippen LogP contribution in [0.3, 0.4) is 0 Å². The number of nitrogens with one attached hydrogen (secondary N) is 1. The van der Waals surface area contributed by atoms with Crippen molar-refractivity contribution in [2.45, 2.75) is 245 Å². The van der Waals surface area contributed by atoms with Crippen molar-refractivity contribution in [2.75, 3.05) is 40.5 Å². The van der Waals surface area contributed by atoms with Gasteiger partial charge in [0.2, 0.25) is 0 Å². The molecule has 8 nitrogen and oxygen atoms in total. The summed E-state index contributed by atoms with van der Waals surface area (Å²) in [7, 11) is 3.35. The van der Waals surface area contributed by atoms with E-state index in [1.165, 1.54) is 116 Å². The van der Waals surface area contributed by atoms with Crippen molar-refractivity contribution in [3.63, 3.8) is 0 Å². The Labute approximate surface area is 359 Å². The lowest BCUT2D eigenvalue weighted by atomic mass is 9.72. The summed E-state index contributed by atoms with van der Waals surface area (Å²) < 4.78 is 23.6. The fourth-order valence-corrected chi connectivity index (χ4v) is 7.66. The monoisotopic (exact) mass is 821 g/mol. The van der Waals surface area contributed by atoms with Crippen molar-refractivity contribution in [2.24, 2.45) is 0 Å². The minimum Gasteiger partial charge on any atom is -0.455 e. The van der Waals surface area contributed by atoms with Crippen LogP contribution in [0.25, 0.3) is 0 Å². The van der Waals surface area contributed by atoms with Gasteiger partial charge in [-0.1, -0.05) is 141 Å². The van der Waals surface area contributed by atoms with Gasteiger partial charge in [-0.2, -0.15) is 0 Å². The Bertz CT molecular complexity index is 1030. The minimum atomic E-state index is -1.20. The van der Waals surface area contributed by atoms with E-state index < -0.39 is 16.7 Å². The summed E-state index contributed by atoms with van der Waals surface area (Å²) in [5.41, 5.74) is 0.343. The van der Waals surface area contributed by atoms with Gasteiger partial charge in [-0.25, -0.2) is 5.01 Å². The zero-order valence-electron chi connectivity index (χ0n) is 39.8. The molecule has 0 amide bonds. The van der Waals surface area contributed by atoms with Crippen LogP contribution in [-0.2, 0) is 28.5 Å². The number of hydrazine groups is 1. The van der Waals surface area contributed by atoms with Crippen LogP contribution in [0, 0.1) is 0 Å². The molecule has 58 heavy (non-hydrogen) atoms. The van der Waals surface area contributed by atoms with E-state index in [1.54, 1.807) is 14.2 Å². The SMILES string of the molecule is CCCCCCCCC=CCCCCCCCC(=O)OC(C)(C)C(C)(OC(=O)CCCCCCCC=CCCCCCCCC)C(C)(C)N(CCOC)NCCOC. The van der Waals surface area contributed by atoms with Gasteiger partial charge in [0.25, 0.3) is 0 Å². The van der Waals surface area contributed by atoms with E-state index in [4.69, 9.17) is 18.9 Å². The minimum absolute atomic E-state index is 0.256. The Morgan fingerprint density at radius 2 is 0.862 bits per heavy atom. The van der Waals surface area contributed by atoms with Crippen LogP contribution in [0.15, 0.2) is 24.3 Å². The van der Waals surface area contributed by atoms with Gasteiger partial charge in [0.05, 0.1) is 18.8 Å². The number of allylic oxidation sites excluding steroid dienone is 4. The lowest BCUT2D eigenvalue weighted by Gasteiger charge is -2.55. The highest BCUT2D eigenvalue weighted by Gasteiger charge is 2.59. The van der Waals surface area contributed by atoms with E-state index in [1.807, 2.05) is 39.6 Å². The Kier molecular flexibility index (Phi) is 35.9. The zero-order chi connectivity index (χ0) is 43.2. The van der Waals surface area contributed by atoms with Gasteiger partial charge in [0.1, 0.15) is 5.60 Å². The molecular weight excluding hydrogens is 725 g/mol.